The zero-order valence-electron chi connectivity index (χ0n) is 8.30. The average molecular weight is 230 g/mol. The molecule has 1 fully saturated rings. The van der Waals surface area contributed by atoms with Crippen LogP contribution < -0.4 is 10.1 Å². The van der Waals surface area contributed by atoms with Crippen molar-refractivity contribution in [3.05, 3.63) is 29.0 Å². The molecular formula is C11H13ClFNO. The van der Waals surface area contributed by atoms with Crippen LogP contribution in [0.25, 0.3) is 0 Å². The van der Waals surface area contributed by atoms with Gasteiger partial charge in [0.05, 0.1) is 0 Å². The van der Waals surface area contributed by atoms with Gasteiger partial charge in [-0.3, -0.25) is 0 Å². The monoisotopic (exact) mass is 229 g/mol. The Morgan fingerprint density at radius 2 is 2.07 bits per heavy atom. The van der Waals surface area contributed by atoms with E-state index in [2.05, 4.69) is 5.32 Å². The average Bonchev–Trinajstić information content (AvgIpc) is 2.24. The molecule has 2 rings (SSSR count). The Kier molecular flexibility index (Phi) is 3.44. The zero-order valence-corrected chi connectivity index (χ0v) is 9.06. The van der Waals surface area contributed by atoms with Gasteiger partial charge in [0.1, 0.15) is 6.10 Å². The minimum absolute atomic E-state index is 0.113. The highest BCUT2D eigenvalue weighted by Crippen LogP contribution is 2.23. The molecule has 0 radical (unpaired) electrons. The predicted molar refractivity (Wildman–Crippen MR) is 57.9 cm³/mol. The number of hydrogen-bond donors (Lipinski definition) is 1. The van der Waals surface area contributed by atoms with Crippen LogP contribution in [0.15, 0.2) is 18.2 Å². The van der Waals surface area contributed by atoms with Crippen LogP contribution in [0.1, 0.15) is 12.8 Å². The Morgan fingerprint density at radius 3 is 2.73 bits per heavy atom. The van der Waals surface area contributed by atoms with Crippen molar-refractivity contribution in [2.24, 2.45) is 0 Å². The van der Waals surface area contributed by atoms with Crippen LogP contribution in [0.4, 0.5) is 4.39 Å². The molecule has 1 heterocycles. The van der Waals surface area contributed by atoms with Gasteiger partial charge in [-0.1, -0.05) is 11.6 Å². The smallest absolute Gasteiger partial charge is 0.166 e. The van der Waals surface area contributed by atoms with Gasteiger partial charge < -0.3 is 10.1 Å². The quantitative estimate of drug-likeness (QED) is 0.842. The van der Waals surface area contributed by atoms with Gasteiger partial charge in [0.2, 0.25) is 0 Å². The highest BCUT2D eigenvalue weighted by Gasteiger charge is 2.16. The van der Waals surface area contributed by atoms with E-state index < -0.39 is 0 Å². The van der Waals surface area contributed by atoms with Gasteiger partial charge >= 0.3 is 0 Å². The van der Waals surface area contributed by atoms with Crippen molar-refractivity contribution in [3.63, 3.8) is 0 Å². The van der Waals surface area contributed by atoms with Crippen molar-refractivity contribution in [3.8, 4) is 5.75 Å². The Balaban J connectivity index is 2.03. The molecule has 0 amide bonds. The van der Waals surface area contributed by atoms with E-state index in [9.17, 15) is 4.39 Å². The number of hydrogen-bond acceptors (Lipinski definition) is 2. The minimum Gasteiger partial charge on any atom is -0.487 e. The summed E-state index contributed by atoms with van der Waals surface area (Å²) >= 11 is 5.65. The van der Waals surface area contributed by atoms with E-state index in [-0.39, 0.29) is 11.9 Å². The van der Waals surface area contributed by atoms with Gasteiger partial charge in [-0.15, -0.1) is 0 Å². The van der Waals surface area contributed by atoms with Crippen molar-refractivity contribution in [1.82, 2.24) is 5.32 Å². The molecule has 0 spiro atoms. The van der Waals surface area contributed by atoms with Crippen molar-refractivity contribution >= 4 is 11.6 Å². The van der Waals surface area contributed by atoms with Gasteiger partial charge in [0.25, 0.3) is 0 Å². The van der Waals surface area contributed by atoms with E-state index >= 15 is 0 Å². The molecule has 82 valence electrons. The second-order valence-corrected chi connectivity index (χ2v) is 4.08. The zero-order chi connectivity index (χ0) is 10.7. The third-order valence-electron chi connectivity index (χ3n) is 2.47. The molecule has 1 aromatic carbocycles. The third kappa shape index (κ3) is 2.83. The van der Waals surface area contributed by atoms with Gasteiger partial charge in [0.15, 0.2) is 11.6 Å². The van der Waals surface area contributed by atoms with E-state index in [1.54, 1.807) is 12.1 Å². The maximum Gasteiger partial charge on any atom is 0.166 e. The number of halogens is 2. The first kappa shape index (κ1) is 10.7. The van der Waals surface area contributed by atoms with Crippen molar-refractivity contribution in [1.29, 1.82) is 0 Å². The molecule has 1 aliphatic heterocycles. The van der Waals surface area contributed by atoms with Crippen molar-refractivity contribution < 1.29 is 9.13 Å². The Hall–Kier alpha value is -0.800. The molecule has 0 saturated carbocycles. The highest BCUT2D eigenvalue weighted by molar-refractivity contribution is 6.30. The molecule has 0 bridgehead atoms. The summed E-state index contributed by atoms with van der Waals surface area (Å²) in [6.07, 6.45) is 1.95. The molecule has 4 heteroatoms. The first-order chi connectivity index (χ1) is 7.25. The number of nitrogens with one attached hydrogen (secondary N) is 1. The second-order valence-electron chi connectivity index (χ2n) is 3.64. The Morgan fingerprint density at radius 1 is 1.33 bits per heavy atom. The van der Waals surface area contributed by atoms with Crippen LogP contribution in [0, 0.1) is 5.82 Å². The van der Waals surface area contributed by atoms with E-state index in [1.165, 1.54) is 6.07 Å². The number of benzene rings is 1. The molecule has 0 aromatic heterocycles. The van der Waals surface area contributed by atoms with Gasteiger partial charge in [-0.2, -0.15) is 0 Å². The van der Waals surface area contributed by atoms with Crippen LogP contribution >= 0.6 is 11.6 Å². The fourth-order valence-corrected chi connectivity index (χ4v) is 1.82. The fraction of sp³-hybridized carbons (Fsp3) is 0.455. The normalized spacial score (nSPS) is 17.7. The molecule has 0 unspecified atom stereocenters. The number of piperidine rings is 1. The molecule has 1 aromatic rings. The minimum atomic E-state index is -0.388. The summed E-state index contributed by atoms with van der Waals surface area (Å²) in [5, 5.41) is 3.62. The lowest BCUT2D eigenvalue weighted by Crippen LogP contribution is -2.34. The lowest BCUT2D eigenvalue weighted by molar-refractivity contribution is 0.156. The summed E-state index contributed by atoms with van der Waals surface area (Å²) < 4.78 is 18.9. The lowest BCUT2D eigenvalue weighted by Gasteiger charge is -2.23. The van der Waals surface area contributed by atoms with Crippen LogP contribution in [0.3, 0.4) is 0 Å². The molecule has 0 atom stereocenters. The SMILES string of the molecule is Fc1cc(Cl)ccc1OC1CCNCC1. The standard InChI is InChI=1S/C11H13ClFNO/c12-8-1-2-11(10(13)7-8)15-9-3-5-14-6-4-9/h1-2,7,9,14H,3-6H2. The summed E-state index contributed by atoms with van der Waals surface area (Å²) in [5.74, 6) is -0.0904. The predicted octanol–water partition coefficient (Wildman–Crippen LogP) is 2.61. The molecule has 0 aliphatic carbocycles. The Bertz CT molecular complexity index is 339. The van der Waals surface area contributed by atoms with Gasteiger partial charge in [-0.25, -0.2) is 4.39 Å². The van der Waals surface area contributed by atoms with Gasteiger partial charge in [0, 0.05) is 5.02 Å². The summed E-state index contributed by atoms with van der Waals surface area (Å²) in [7, 11) is 0. The molecule has 2 nitrogen and oxygen atoms in total. The molecule has 1 N–H and O–H groups in total. The van der Waals surface area contributed by atoms with E-state index in [1.807, 2.05) is 0 Å². The van der Waals surface area contributed by atoms with Crippen LogP contribution in [0.2, 0.25) is 5.02 Å². The third-order valence-corrected chi connectivity index (χ3v) is 2.71. The fourth-order valence-electron chi connectivity index (χ4n) is 1.66. The maximum absolute atomic E-state index is 13.4. The van der Waals surface area contributed by atoms with Crippen LogP contribution in [-0.4, -0.2) is 19.2 Å². The Labute approximate surface area is 93.4 Å². The maximum atomic E-state index is 13.4. The van der Waals surface area contributed by atoms with Crippen LogP contribution in [-0.2, 0) is 0 Å². The van der Waals surface area contributed by atoms with Gasteiger partial charge in [-0.05, 0) is 44.1 Å². The second kappa shape index (κ2) is 4.81. The summed E-state index contributed by atoms with van der Waals surface area (Å²) in [6.45, 7) is 1.86. The van der Waals surface area contributed by atoms with Crippen molar-refractivity contribution in [2.75, 3.05) is 13.1 Å². The van der Waals surface area contributed by atoms with E-state index in [0.717, 1.165) is 25.9 Å². The number of ether oxygens (including phenoxy) is 1. The molecule has 15 heavy (non-hydrogen) atoms. The van der Waals surface area contributed by atoms with Crippen molar-refractivity contribution in [2.45, 2.75) is 18.9 Å². The summed E-state index contributed by atoms with van der Waals surface area (Å²) in [4.78, 5) is 0. The van der Waals surface area contributed by atoms with E-state index in [0.29, 0.717) is 10.8 Å². The van der Waals surface area contributed by atoms with E-state index in [4.69, 9.17) is 16.3 Å². The summed E-state index contributed by atoms with van der Waals surface area (Å²) in [6, 6.07) is 4.50. The summed E-state index contributed by atoms with van der Waals surface area (Å²) in [5.41, 5.74) is 0. The molecule has 1 saturated heterocycles. The number of rotatable bonds is 2. The molecule has 1 aliphatic rings. The largest absolute Gasteiger partial charge is 0.487 e. The topological polar surface area (TPSA) is 21.3 Å². The first-order valence-electron chi connectivity index (χ1n) is 5.08. The highest BCUT2D eigenvalue weighted by atomic mass is 35.5. The lowest BCUT2D eigenvalue weighted by atomic mass is 10.1. The van der Waals surface area contributed by atoms with Crippen LogP contribution in [0.5, 0.6) is 5.75 Å². The molecular weight excluding hydrogens is 217 g/mol. The first-order valence-corrected chi connectivity index (χ1v) is 5.46.